The zero-order valence-corrected chi connectivity index (χ0v) is 10.8. The number of halogens is 1. The Hall–Kier alpha value is -2.26. The van der Waals surface area contributed by atoms with Crippen molar-refractivity contribution >= 4 is 10.8 Å². The second-order valence-corrected chi connectivity index (χ2v) is 4.84. The lowest BCUT2D eigenvalue weighted by Crippen LogP contribution is -2.03. The first-order chi connectivity index (χ1) is 9.72. The molecule has 3 aromatic rings. The van der Waals surface area contributed by atoms with Gasteiger partial charge in [-0.05, 0) is 22.4 Å². The summed E-state index contributed by atoms with van der Waals surface area (Å²) in [5, 5.41) is 12.5. The van der Waals surface area contributed by atoms with Gasteiger partial charge in [0.15, 0.2) is 0 Å². The van der Waals surface area contributed by atoms with E-state index in [4.69, 9.17) is 0 Å². The van der Waals surface area contributed by atoms with Crippen LogP contribution in [0, 0.1) is 5.82 Å². The number of hydrogen-bond acceptors (Lipinski definition) is 2. The molecule has 2 aromatic carbocycles. The summed E-state index contributed by atoms with van der Waals surface area (Å²) < 4.78 is 13.1. The summed E-state index contributed by atoms with van der Waals surface area (Å²) >= 11 is 0. The zero-order chi connectivity index (χ0) is 13.9. The molecule has 3 heteroatoms. The van der Waals surface area contributed by atoms with Crippen LogP contribution in [0.2, 0.25) is 0 Å². The van der Waals surface area contributed by atoms with Crippen molar-refractivity contribution in [1.82, 2.24) is 4.98 Å². The normalized spacial score (nSPS) is 12.5. The highest BCUT2D eigenvalue weighted by Gasteiger charge is 2.10. The van der Waals surface area contributed by atoms with Crippen molar-refractivity contribution in [1.29, 1.82) is 0 Å². The van der Waals surface area contributed by atoms with Gasteiger partial charge in [-0.3, -0.25) is 4.98 Å². The van der Waals surface area contributed by atoms with Gasteiger partial charge >= 0.3 is 0 Å². The summed E-state index contributed by atoms with van der Waals surface area (Å²) in [5.74, 6) is -0.430. The lowest BCUT2D eigenvalue weighted by Gasteiger charge is -2.11. The van der Waals surface area contributed by atoms with Crippen molar-refractivity contribution in [3.05, 3.63) is 77.9 Å². The third-order valence-corrected chi connectivity index (χ3v) is 3.35. The molecule has 0 aliphatic rings. The van der Waals surface area contributed by atoms with Gasteiger partial charge in [0, 0.05) is 18.2 Å². The smallest absolute Gasteiger partial charge is 0.141 e. The van der Waals surface area contributed by atoms with E-state index in [2.05, 4.69) is 4.98 Å². The number of hydrogen-bond donors (Lipinski definition) is 1. The average Bonchev–Trinajstić information content (AvgIpc) is 2.47. The van der Waals surface area contributed by atoms with E-state index in [1.807, 2.05) is 42.5 Å². The number of fused-ring (bicyclic) bond motifs is 1. The fraction of sp³-hybridized carbons (Fsp3) is 0.118. The number of rotatable bonds is 3. The standard InChI is InChI=1S/C17H14FNO/c18-16-9-15(10-19-11-16)17(20)8-12-5-6-13-3-1-2-4-14(13)7-12/h1-7,9-11,17,20H,8H2. The summed E-state index contributed by atoms with van der Waals surface area (Å²) in [6, 6.07) is 15.4. The number of aliphatic hydroxyl groups is 1. The molecular formula is C17H14FNO. The Morgan fingerprint density at radius 2 is 1.80 bits per heavy atom. The van der Waals surface area contributed by atoms with E-state index < -0.39 is 11.9 Å². The van der Waals surface area contributed by atoms with Crippen molar-refractivity contribution in [3.63, 3.8) is 0 Å². The summed E-state index contributed by atoms with van der Waals surface area (Å²) in [4.78, 5) is 3.76. The minimum Gasteiger partial charge on any atom is -0.388 e. The van der Waals surface area contributed by atoms with E-state index in [1.54, 1.807) is 0 Å². The number of nitrogens with zero attached hydrogens (tertiary/aromatic N) is 1. The first kappa shape index (κ1) is 12.8. The maximum Gasteiger partial charge on any atom is 0.141 e. The van der Waals surface area contributed by atoms with Crippen molar-refractivity contribution in [3.8, 4) is 0 Å². The van der Waals surface area contributed by atoms with Gasteiger partial charge in [0.2, 0.25) is 0 Å². The topological polar surface area (TPSA) is 33.1 Å². The van der Waals surface area contributed by atoms with Gasteiger partial charge < -0.3 is 5.11 Å². The summed E-state index contributed by atoms with van der Waals surface area (Å²) in [6.45, 7) is 0. The quantitative estimate of drug-likeness (QED) is 0.785. The van der Waals surface area contributed by atoms with E-state index in [9.17, 15) is 9.50 Å². The molecule has 20 heavy (non-hydrogen) atoms. The molecule has 3 rings (SSSR count). The largest absolute Gasteiger partial charge is 0.388 e. The first-order valence-electron chi connectivity index (χ1n) is 6.48. The van der Waals surface area contributed by atoms with Crippen LogP contribution in [0.5, 0.6) is 0 Å². The SMILES string of the molecule is OC(Cc1ccc2ccccc2c1)c1cncc(F)c1. The molecule has 1 atom stereocenters. The molecule has 0 amide bonds. The van der Waals surface area contributed by atoms with Crippen LogP contribution < -0.4 is 0 Å². The molecule has 1 unspecified atom stereocenters. The second kappa shape index (κ2) is 5.39. The fourth-order valence-corrected chi connectivity index (χ4v) is 2.32. The number of aromatic nitrogens is 1. The van der Waals surface area contributed by atoms with Crippen molar-refractivity contribution in [2.75, 3.05) is 0 Å². The van der Waals surface area contributed by atoms with Crippen LogP contribution in [0.15, 0.2) is 60.9 Å². The highest BCUT2D eigenvalue weighted by atomic mass is 19.1. The van der Waals surface area contributed by atoms with Crippen LogP contribution in [0.1, 0.15) is 17.2 Å². The number of benzene rings is 2. The van der Waals surface area contributed by atoms with Gasteiger partial charge in [-0.15, -0.1) is 0 Å². The predicted octanol–water partition coefficient (Wildman–Crippen LogP) is 3.65. The zero-order valence-electron chi connectivity index (χ0n) is 10.8. The molecule has 0 saturated carbocycles. The molecule has 0 fully saturated rings. The third-order valence-electron chi connectivity index (χ3n) is 3.35. The summed E-state index contributed by atoms with van der Waals surface area (Å²) in [6.07, 6.45) is 2.32. The van der Waals surface area contributed by atoms with Gasteiger partial charge in [-0.2, -0.15) is 0 Å². The van der Waals surface area contributed by atoms with Crippen molar-refractivity contribution < 1.29 is 9.50 Å². The summed E-state index contributed by atoms with van der Waals surface area (Å²) in [7, 11) is 0. The Balaban J connectivity index is 1.85. The average molecular weight is 267 g/mol. The highest BCUT2D eigenvalue weighted by Crippen LogP contribution is 2.21. The maximum atomic E-state index is 13.1. The molecule has 0 aliphatic heterocycles. The van der Waals surface area contributed by atoms with Crippen LogP contribution in [-0.4, -0.2) is 10.1 Å². The number of pyridine rings is 1. The van der Waals surface area contributed by atoms with Crippen molar-refractivity contribution in [2.45, 2.75) is 12.5 Å². The molecule has 1 aromatic heterocycles. The van der Waals surface area contributed by atoms with E-state index in [0.29, 0.717) is 12.0 Å². The second-order valence-electron chi connectivity index (χ2n) is 4.84. The number of aliphatic hydroxyl groups excluding tert-OH is 1. The van der Waals surface area contributed by atoms with Gasteiger partial charge in [0.05, 0.1) is 12.3 Å². The summed E-state index contributed by atoms with van der Waals surface area (Å²) in [5.41, 5.74) is 1.51. The minimum atomic E-state index is -0.751. The van der Waals surface area contributed by atoms with Gasteiger partial charge in [-0.25, -0.2) is 4.39 Å². The Bertz CT molecular complexity index is 742. The maximum absolute atomic E-state index is 13.1. The molecule has 1 heterocycles. The lowest BCUT2D eigenvalue weighted by molar-refractivity contribution is 0.177. The highest BCUT2D eigenvalue weighted by molar-refractivity contribution is 5.82. The van der Waals surface area contributed by atoms with E-state index in [-0.39, 0.29) is 0 Å². The molecule has 0 spiro atoms. The van der Waals surface area contributed by atoms with Crippen LogP contribution in [-0.2, 0) is 6.42 Å². The molecule has 0 saturated heterocycles. The Kier molecular flexibility index (Phi) is 3.44. The van der Waals surface area contributed by atoms with Crippen LogP contribution in [0.25, 0.3) is 10.8 Å². The van der Waals surface area contributed by atoms with Gasteiger partial charge in [0.25, 0.3) is 0 Å². The molecule has 2 nitrogen and oxygen atoms in total. The van der Waals surface area contributed by atoms with Crippen LogP contribution in [0.4, 0.5) is 4.39 Å². The van der Waals surface area contributed by atoms with Crippen molar-refractivity contribution in [2.24, 2.45) is 0 Å². The monoisotopic (exact) mass is 267 g/mol. The van der Waals surface area contributed by atoms with Crippen LogP contribution in [0.3, 0.4) is 0 Å². The Morgan fingerprint density at radius 3 is 2.60 bits per heavy atom. The lowest BCUT2D eigenvalue weighted by atomic mass is 10.00. The Morgan fingerprint density at radius 1 is 1.00 bits per heavy atom. The Labute approximate surface area is 116 Å². The molecule has 1 N–H and O–H groups in total. The van der Waals surface area contributed by atoms with E-state index in [0.717, 1.165) is 22.5 Å². The molecule has 0 radical (unpaired) electrons. The minimum absolute atomic E-state index is 0.430. The molecular weight excluding hydrogens is 253 g/mol. The fourth-order valence-electron chi connectivity index (χ4n) is 2.32. The first-order valence-corrected chi connectivity index (χ1v) is 6.48. The van der Waals surface area contributed by atoms with Crippen LogP contribution >= 0.6 is 0 Å². The third kappa shape index (κ3) is 2.68. The predicted molar refractivity (Wildman–Crippen MR) is 76.8 cm³/mol. The van der Waals surface area contributed by atoms with E-state index in [1.165, 1.54) is 12.3 Å². The molecule has 0 bridgehead atoms. The van der Waals surface area contributed by atoms with Gasteiger partial charge in [-0.1, -0.05) is 42.5 Å². The molecule has 100 valence electrons. The van der Waals surface area contributed by atoms with Gasteiger partial charge in [0.1, 0.15) is 5.82 Å². The molecule has 0 aliphatic carbocycles. The van der Waals surface area contributed by atoms with E-state index >= 15 is 0 Å².